The Labute approximate surface area is 167 Å². The first-order valence-electron chi connectivity index (χ1n) is 10.8. The molecule has 0 spiro atoms. The van der Waals surface area contributed by atoms with Crippen LogP contribution in [0.5, 0.6) is 0 Å². The molecule has 6 rings (SSSR count). The molecule has 4 aliphatic rings. The molecule has 0 saturated heterocycles. The fourth-order valence-electron chi connectivity index (χ4n) is 5.49. The second-order valence-corrected chi connectivity index (χ2v) is 8.35. The molecule has 28 heavy (non-hydrogen) atoms. The summed E-state index contributed by atoms with van der Waals surface area (Å²) in [7, 11) is 0. The molecule has 2 heteroatoms. The number of nitrogens with one attached hydrogen (secondary N) is 1. The number of fused-ring (bicyclic) bond motifs is 6. The maximum absolute atomic E-state index is 3.97. The first-order valence-corrected chi connectivity index (χ1v) is 10.8. The number of allylic oxidation sites excluding steroid dienone is 5. The molecule has 140 valence electrons. The molecule has 0 bridgehead atoms. The zero-order chi connectivity index (χ0) is 18.5. The van der Waals surface area contributed by atoms with Crippen molar-refractivity contribution in [1.82, 2.24) is 9.88 Å². The van der Waals surface area contributed by atoms with Crippen molar-refractivity contribution in [2.45, 2.75) is 51.0 Å². The van der Waals surface area contributed by atoms with Crippen LogP contribution >= 0.6 is 0 Å². The lowest BCUT2D eigenvalue weighted by Gasteiger charge is -2.26. The van der Waals surface area contributed by atoms with E-state index in [9.17, 15) is 0 Å². The van der Waals surface area contributed by atoms with E-state index in [4.69, 9.17) is 0 Å². The van der Waals surface area contributed by atoms with Crippen molar-refractivity contribution in [3.63, 3.8) is 0 Å². The van der Waals surface area contributed by atoms with Crippen LogP contribution in [0.2, 0.25) is 0 Å². The first-order chi connectivity index (χ1) is 13.9. The van der Waals surface area contributed by atoms with Crippen molar-refractivity contribution in [3.05, 3.63) is 82.8 Å². The van der Waals surface area contributed by atoms with Gasteiger partial charge in [0.15, 0.2) is 0 Å². The van der Waals surface area contributed by atoms with E-state index in [0.717, 1.165) is 19.3 Å². The fourth-order valence-corrected chi connectivity index (χ4v) is 5.49. The van der Waals surface area contributed by atoms with E-state index in [-0.39, 0.29) is 0 Å². The van der Waals surface area contributed by atoms with Gasteiger partial charge in [-0.15, -0.1) is 0 Å². The van der Waals surface area contributed by atoms with E-state index in [0.29, 0.717) is 6.04 Å². The Kier molecular flexibility index (Phi) is 3.72. The van der Waals surface area contributed by atoms with Gasteiger partial charge in [-0.1, -0.05) is 42.5 Å². The van der Waals surface area contributed by atoms with Gasteiger partial charge in [0.05, 0.1) is 11.7 Å². The third-order valence-corrected chi connectivity index (χ3v) is 6.71. The molecule has 1 aliphatic heterocycles. The van der Waals surface area contributed by atoms with E-state index >= 15 is 0 Å². The smallest absolute Gasteiger partial charge is 0.0593 e. The number of aromatic nitrogens is 1. The number of hydrogen-bond donors (Lipinski definition) is 1. The lowest BCUT2D eigenvalue weighted by molar-refractivity contribution is 0.614. The molecule has 1 aromatic heterocycles. The Morgan fingerprint density at radius 2 is 1.86 bits per heavy atom. The molecule has 0 amide bonds. The van der Waals surface area contributed by atoms with E-state index in [1.54, 1.807) is 16.7 Å². The molecule has 2 nitrogen and oxygen atoms in total. The SMILES string of the molecule is C1=CCC2NC3=C(CCCC3)c3c4c(n(-c5ccccc5)c3C2=C1)C=CCC4. The Hall–Kier alpha value is -2.74. The van der Waals surface area contributed by atoms with Crippen molar-refractivity contribution in [2.24, 2.45) is 0 Å². The van der Waals surface area contributed by atoms with Gasteiger partial charge in [-0.3, -0.25) is 0 Å². The van der Waals surface area contributed by atoms with Crippen LogP contribution in [0.4, 0.5) is 0 Å². The lowest BCUT2D eigenvalue weighted by Crippen LogP contribution is -2.30. The summed E-state index contributed by atoms with van der Waals surface area (Å²) >= 11 is 0. The van der Waals surface area contributed by atoms with Gasteiger partial charge in [0.25, 0.3) is 0 Å². The van der Waals surface area contributed by atoms with Gasteiger partial charge < -0.3 is 9.88 Å². The van der Waals surface area contributed by atoms with Crippen LogP contribution in [0, 0.1) is 0 Å². The van der Waals surface area contributed by atoms with Crippen LogP contribution in [0.25, 0.3) is 22.9 Å². The number of rotatable bonds is 1. The summed E-state index contributed by atoms with van der Waals surface area (Å²) < 4.78 is 2.55. The molecule has 3 aliphatic carbocycles. The monoisotopic (exact) mass is 366 g/mol. The Bertz CT molecular complexity index is 1060. The standard InChI is InChI=1S/C26H26N2/c1-2-10-18(11-3-1)28-24-17-9-6-14-21(24)25-19-12-4-7-15-22(19)27-23-16-8-5-13-20(23)26(25)28/h1-3,5,8-11,13,17,23,27H,4,6-7,12,14-16H2. The average Bonchev–Trinajstić information content (AvgIpc) is 3.02. The molecule has 1 atom stereocenters. The van der Waals surface area contributed by atoms with Crippen LogP contribution in [0.1, 0.15) is 61.0 Å². The molecule has 2 aromatic rings. The van der Waals surface area contributed by atoms with E-state index in [1.807, 2.05) is 0 Å². The van der Waals surface area contributed by atoms with Gasteiger partial charge in [0.1, 0.15) is 0 Å². The highest BCUT2D eigenvalue weighted by molar-refractivity contribution is 5.90. The summed E-state index contributed by atoms with van der Waals surface area (Å²) in [5, 5.41) is 3.97. The summed E-state index contributed by atoms with van der Waals surface area (Å²) in [5.41, 5.74) is 11.8. The van der Waals surface area contributed by atoms with Crippen molar-refractivity contribution >= 4 is 17.2 Å². The normalized spacial score (nSPS) is 22.4. The molecule has 0 radical (unpaired) electrons. The van der Waals surface area contributed by atoms with Gasteiger partial charge >= 0.3 is 0 Å². The molecule has 0 fully saturated rings. The zero-order valence-corrected chi connectivity index (χ0v) is 16.2. The predicted molar refractivity (Wildman–Crippen MR) is 117 cm³/mol. The maximum atomic E-state index is 3.97. The average molecular weight is 367 g/mol. The third kappa shape index (κ3) is 2.33. The van der Waals surface area contributed by atoms with Crippen molar-refractivity contribution in [3.8, 4) is 5.69 Å². The van der Waals surface area contributed by atoms with Gasteiger partial charge in [-0.05, 0) is 79.9 Å². The van der Waals surface area contributed by atoms with Crippen LogP contribution in [0.3, 0.4) is 0 Å². The summed E-state index contributed by atoms with van der Waals surface area (Å²) in [6.07, 6.45) is 20.0. The molecule has 0 saturated carbocycles. The van der Waals surface area contributed by atoms with E-state index in [1.165, 1.54) is 54.0 Å². The van der Waals surface area contributed by atoms with Crippen molar-refractivity contribution in [2.75, 3.05) is 0 Å². The zero-order valence-electron chi connectivity index (χ0n) is 16.2. The van der Waals surface area contributed by atoms with E-state index < -0.39 is 0 Å². The molecular formula is C26H26N2. The first kappa shape index (κ1) is 16.2. The van der Waals surface area contributed by atoms with Crippen LogP contribution in [-0.4, -0.2) is 10.6 Å². The summed E-state index contributed by atoms with van der Waals surface area (Å²) in [6.45, 7) is 0. The fraction of sp³-hybridized carbons (Fsp3) is 0.308. The van der Waals surface area contributed by atoms with Crippen LogP contribution in [-0.2, 0) is 6.42 Å². The summed E-state index contributed by atoms with van der Waals surface area (Å²) in [5.74, 6) is 0. The largest absolute Gasteiger partial charge is 0.381 e. The molecule has 2 heterocycles. The highest BCUT2D eigenvalue weighted by Crippen LogP contribution is 2.46. The topological polar surface area (TPSA) is 17.0 Å². The Morgan fingerprint density at radius 3 is 2.79 bits per heavy atom. The number of para-hydroxylation sites is 1. The maximum Gasteiger partial charge on any atom is 0.0593 e. The molecule has 1 unspecified atom stereocenters. The second-order valence-electron chi connectivity index (χ2n) is 8.35. The highest BCUT2D eigenvalue weighted by Gasteiger charge is 2.35. The molecule has 1 N–H and O–H groups in total. The van der Waals surface area contributed by atoms with Gasteiger partial charge in [0.2, 0.25) is 0 Å². The second kappa shape index (κ2) is 6.41. The number of benzene rings is 1. The number of hydrogen-bond acceptors (Lipinski definition) is 1. The quantitative estimate of drug-likeness (QED) is 0.651. The minimum absolute atomic E-state index is 0.386. The third-order valence-electron chi connectivity index (χ3n) is 6.71. The van der Waals surface area contributed by atoms with Crippen LogP contribution < -0.4 is 5.32 Å². The summed E-state index contributed by atoms with van der Waals surface area (Å²) in [4.78, 5) is 0. The predicted octanol–water partition coefficient (Wildman–Crippen LogP) is 6.04. The van der Waals surface area contributed by atoms with Crippen molar-refractivity contribution in [1.29, 1.82) is 0 Å². The van der Waals surface area contributed by atoms with Crippen LogP contribution in [0.15, 0.2) is 60.3 Å². The minimum atomic E-state index is 0.386. The lowest BCUT2D eigenvalue weighted by atomic mass is 9.86. The van der Waals surface area contributed by atoms with E-state index in [2.05, 4.69) is 70.6 Å². The van der Waals surface area contributed by atoms with Crippen molar-refractivity contribution < 1.29 is 0 Å². The summed E-state index contributed by atoms with van der Waals surface area (Å²) in [6, 6.07) is 11.3. The molecule has 1 aromatic carbocycles. The van der Waals surface area contributed by atoms with Gasteiger partial charge in [-0.2, -0.15) is 0 Å². The van der Waals surface area contributed by atoms with Gasteiger partial charge in [-0.25, -0.2) is 0 Å². The highest BCUT2D eigenvalue weighted by atomic mass is 15.0. The Balaban J connectivity index is 1.73. The number of nitrogens with zero attached hydrogens (tertiary/aromatic N) is 1. The Morgan fingerprint density at radius 1 is 0.964 bits per heavy atom. The van der Waals surface area contributed by atoms with Gasteiger partial charge in [0, 0.05) is 22.6 Å². The minimum Gasteiger partial charge on any atom is -0.381 e. The molecular weight excluding hydrogens is 340 g/mol.